The van der Waals surface area contributed by atoms with E-state index in [2.05, 4.69) is 229 Å². The summed E-state index contributed by atoms with van der Waals surface area (Å²) in [6, 6.07) is 84.0. The average molecular weight is 824 g/mol. The van der Waals surface area contributed by atoms with Gasteiger partial charge in [-0.2, -0.15) is 0 Å². The molecule has 0 aliphatic heterocycles. The number of nitrogens with zero attached hydrogens (tertiary/aromatic N) is 1. The Bertz CT molecular complexity index is 3710. The van der Waals surface area contributed by atoms with E-state index >= 15 is 0 Å². The van der Waals surface area contributed by atoms with Gasteiger partial charge in [-0.3, -0.25) is 0 Å². The summed E-state index contributed by atoms with van der Waals surface area (Å²) >= 11 is 0. The Labute approximate surface area is 378 Å². The topological polar surface area (TPSA) is 4.93 Å². The molecule has 302 valence electrons. The Balaban J connectivity index is 0.940. The summed E-state index contributed by atoms with van der Waals surface area (Å²) in [7, 11) is 0. The fourth-order valence-electron chi connectivity index (χ4n) is 11.4. The van der Waals surface area contributed by atoms with E-state index in [1.165, 1.54) is 132 Å². The maximum Gasteiger partial charge on any atom is 0.0541 e. The first kappa shape index (κ1) is 36.2. The van der Waals surface area contributed by atoms with Gasteiger partial charge in [-0.15, -0.1) is 0 Å². The Morgan fingerprint density at radius 2 is 0.615 bits per heavy atom. The van der Waals surface area contributed by atoms with Crippen molar-refractivity contribution in [2.45, 2.75) is 12.8 Å². The number of aromatic nitrogens is 1. The Kier molecular flexibility index (Phi) is 7.88. The minimum atomic E-state index is 1.000. The van der Waals surface area contributed by atoms with Crippen LogP contribution in [0.15, 0.2) is 224 Å². The molecule has 1 nitrogen and oxygen atoms in total. The molecule has 0 saturated carbocycles. The number of hydrogen-bond donors (Lipinski definition) is 0. The molecular weight excluding hydrogens is 783 g/mol. The van der Waals surface area contributed by atoms with E-state index in [0.717, 1.165) is 18.5 Å². The van der Waals surface area contributed by atoms with Crippen LogP contribution in [0.1, 0.15) is 22.3 Å². The zero-order chi connectivity index (χ0) is 42.6. The standard InChI is InChI=1S/C64H41N/c1-2-12-40(13-3-1)63-53-18-8-10-20-55(53)64(56-21-11-9-19-54(56)63)41-26-30-50(31-27-41)65-61-32-28-44(42-22-24-48-34-46-14-4-6-16-51(46)57(48)36-42)38-59(61)60-39-45(29-33-62(60)65)43-23-25-49-35-47-15-5-7-17-52(47)58(49)37-43/h1-33,36-39H,34-35H2. The summed E-state index contributed by atoms with van der Waals surface area (Å²) in [6.07, 6.45) is 2.00. The largest absolute Gasteiger partial charge is 0.309 e. The summed E-state index contributed by atoms with van der Waals surface area (Å²) in [5.41, 5.74) is 24.6. The molecule has 1 heteroatoms. The lowest BCUT2D eigenvalue weighted by Gasteiger charge is -2.18. The zero-order valence-electron chi connectivity index (χ0n) is 35.7. The lowest BCUT2D eigenvalue weighted by Crippen LogP contribution is -1.95. The molecule has 0 fully saturated rings. The van der Waals surface area contributed by atoms with E-state index < -0.39 is 0 Å². The second-order valence-corrected chi connectivity index (χ2v) is 18.0. The van der Waals surface area contributed by atoms with E-state index in [1.54, 1.807) is 0 Å². The average Bonchev–Trinajstić information content (AvgIpc) is 4.04. The van der Waals surface area contributed by atoms with Gasteiger partial charge in [0.05, 0.1) is 11.0 Å². The molecule has 11 aromatic carbocycles. The number of fused-ring (bicyclic) bond motifs is 11. The van der Waals surface area contributed by atoms with Crippen LogP contribution in [0.4, 0.5) is 0 Å². The number of benzene rings is 11. The molecule has 0 spiro atoms. The van der Waals surface area contributed by atoms with Gasteiger partial charge in [-0.1, -0.05) is 176 Å². The third-order valence-electron chi connectivity index (χ3n) is 14.4. The Hall–Kier alpha value is -8.26. The fourth-order valence-corrected chi connectivity index (χ4v) is 11.4. The quantitative estimate of drug-likeness (QED) is 0.152. The molecule has 0 atom stereocenters. The van der Waals surface area contributed by atoms with Crippen LogP contribution >= 0.6 is 0 Å². The molecule has 0 bridgehead atoms. The smallest absolute Gasteiger partial charge is 0.0541 e. The predicted octanol–water partition coefficient (Wildman–Crippen LogP) is 16.9. The SMILES string of the molecule is c1ccc(-c2c3ccccc3c(-c3ccc(-n4c5ccc(-c6ccc7c(c6)-c6ccccc6C7)cc5c5cc(-c6ccc7c(c6)-c6ccccc6C7)ccc54)cc3)c3ccccc23)cc1. The number of rotatable bonds is 5. The van der Waals surface area contributed by atoms with Crippen molar-refractivity contribution in [2.75, 3.05) is 0 Å². The predicted molar refractivity (Wildman–Crippen MR) is 274 cm³/mol. The Morgan fingerprint density at radius 3 is 1.11 bits per heavy atom. The van der Waals surface area contributed by atoms with E-state index in [1.807, 2.05) is 0 Å². The molecule has 12 aromatic rings. The summed E-state index contributed by atoms with van der Waals surface area (Å²) in [4.78, 5) is 0. The third kappa shape index (κ3) is 5.59. The van der Waals surface area contributed by atoms with Crippen LogP contribution in [-0.2, 0) is 12.8 Å². The van der Waals surface area contributed by atoms with E-state index in [9.17, 15) is 0 Å². The normalized spacial score (nSPS) is 12.5. The highest BCUT2D eigenvalue weighted by Crippen LogP contribution is 2.46. The van der Waals surface area contributed by atoms with Gasteiger partial charge in [0.25, 0.3) is 0 Å². The lowest BCUT2D eigenvalue weighted by atomic mass is 9.86. The van der Waals surface area contributed by atoms with Crippen LogP contribution in [0.3, 0.4) is 0 Å². The summed E-state index contributed by atoms with van der Waals surface area (Å²) < 4.78 is 2.47. The zero-order valence-corrected chi connectivity index (χ0v) is 35.7. The fraction of sp³-hybridized carbons (Fsp3) is 0.0312. The molecule has 14 rings (SSSR count). The van der Waals surface area contributed by atoms with Gasteiger partial charge in [0.1, 0.15) is 0 Å². The minimum Gasteiger partial charge on any atom is -0.309 e. The van der Waals surface area contributed by atoms with E-state index in [-0.39, 0.29) is 0 Å². The van der Waals surface area contributed by atoms with Crippen molar-refractivity contribution in [1.29, 1.82) is 0 Å². The van der Waals surface area contributed by atoms with Crippen LogP contribution in [-0.4, -0.2) is 4.57 Å². The Morgan fingerprint density at radius 1 is 0.246 bits per heavy atom. The molecule has 65 heavy (non-hydrogen) atoms. The van der Waals surface area contributed by atoms with E-state index in [4.69, 9.17) is 0 Å². The van der Waals surface area contributed by atoms with Crippen molar-refractivity contribution in [3.8, 4) is 72.4 Å². The van der Waals surface area contributed by atoms with Gasteiger partial charge in [0.2, 0.25) is 0 Å². The molecule has 0 N–H and O–H groups in total. The highest BCUT2D eigenvalue weighted by molar-refractivity contribution is 6.21. The van der Waals surface area contributed by atoms with E-state index in [0.29, 0.717) is 0 Å². The van der Waals surface area contributed by atoms with Crippen LogP contribution in [0.2, 0.25) is 0 Å². The highest BCUT2D eigenvalue weighted by atomic mass is 15.0. The molecule has 0 unspecified atom stereocenters. The van der Waals surface area contributed by atoms with Crippen LogP contribution in [0, 0.1) is 0 Å². The van der Waals surface area contributed by atoms with Crippen molar-refractivity contribution in [3.05, 3.63) is 247 Å². The molecule has 0 amide bonds. The summed E-state index contributed by atoms with van der Waals surface area (Å²) in [5.74, 6) is 0. The highest BCUT2D eigenvalue weighted by Gasteiger charge is 2.22. The second kappa shape index (κ2) is 14.1. The molecule has 1 heterocycles. The maximum atomic E-state index is 2.47. The summed E-state index contributed by atoms with van der Waals surface area (Å²) in [5, 5.41) is 7.57. The first-order chi connectivity index (χ1) is 32.2. The molecule has 2 aliphatic carbocycles. The summed E-state index contributed by atoms with van der Waals surface area (Å²) in [6.45, 7) is 0. The lowest BCUT2D eigenvalue weighted by molar-refractivity contribution is 1.18. The van der Waals surface area contributed by atoms with Crippen molar-refractivity contribution in [2.24, 2.45) is 0 Å². The minimum absolute atomic E-state index is 1.000. The second-order valence-electron chi connectivity index (χ2n) is 18.0. The molecule has 0 saturated heterocycles. The van der Waals surface area contributed by atoms with Crippen LogP contribution < -0.4 is 0 Å². The molecule has 0 radical (unpaired) electrons. The first-order valence-corrected chi connectivity index (χ1v) is 22.8. The van der Waals surface area contributed by atoms with Gasteiger partial charge in [-0.05, 0) is 172 Å². The van der Waals surface area contributed by atoms with Gasteiger partial charge in [-0.25, -0.2) is 0 Å². The molecule has 2 aliphatic rings. The number of hydrogen-bond acceptors (Lipinski definition) is 0. The molecule has 1 aromatic heterocycles. The van der Waals surface area contributed by atoms with Crippen LogP contribution in [0.25, 0.3) is 116 Å². The van der Waals surface area contributed by atoms with Crippen molar-refractivity contribution in [1.82, 2.24) is 4.57 Å². The van der Waals surface area contributed by atoms with Crippen molar-refractivity contribution >= 4 is 43.4 Å². The van der Waals surface area contributed by atoms with Gasteiger partial charge < -0.3 is 4.57 Å². The van der Waals surface area contributed by atoms with Crippen LogP contribution in [0.5, 0.6) is 0 Å². The van der Waals surface area contributed by atoms with Crippen molar-refractivity contribution < 1.29 is 0 Å². The van der Waals surface area contributed by atoms with Gasteiger partial charge in [0, 0.05) is 16.5 Å². The molecular formula is C64H41N. The van der Waals surface area contributed by atoms with Crippen molar-refractivity contribution in [3.63, 3.8) is 0 Å². The monoisotopic (exact) mass is 823 g/mol. The first-order valence-electron chi connectivity index (χ1n) is 22.8. The van der Waals surface area contributed by atoms with Gasteiger partial charge in [0.15, 0.2) is 0 Å². The maximum absolute atomic E-state index is 2.47. The third-order valence-corrected chi connectivity index (χ3v) is 14.4. The van der Waals surface area contributed by atoms with Gasteiger partial charge >= 0.3 is 0 Å².